The van der Waals surface area contributed by atoms with Gasteiger partial charge in [0.1, 0.15) is 12.3 Å². The topological polar surface area (TPSA) is 76.8 Å². The molecule has 1 aliphatic rings. The molecule has 1 aliphatic heterocycles. The molecule has 136 valence electrons. The Bertz CT molecular complexity index is 638. The summed E-state index contributed by atoms with van der Waals surface area (Å²) < 4.78 is 16.0. The average molecular weight is 365 g/mol. The lowest BCUT2D eigenvalue weighted by atomic mass is 10.3. The number of hydrogen-bond donors (Lipinski definition) is 1. The molecule has 0 spiro atoms. The van der Waals surface area contributed by atoms with E-state index < -0.39 is 0 Å². The van der Waals surface area contributed by atoms with Crippen molar-refractivity contribution in [1.82, 2.24) is 15.4 Å². The number of rotatable bonds is 9. The molecule has 0 saturated carbocycles. The van der Waals surface area contributed by atoms with E-state index in [4.69, 9.17) is 14.0 Å². The molecule has 1 fully saturated rings. The van der Waals surface area contributed by atoms with Crippen LogP contribution in [0, 0.1) is 0 Å². The van der Waals surface area contributed by atoms with Gasteiger partial charge >= 0.3 is 0 Å². The largest absolute Gasteiger partial charge is 0.379 e. The molecule has 1 amide bonds. The Morgan fingerprint density at radius 3 is 3.08 bits per heavy atom. The van der Waals surface area contributed by atoms with Crippen molar-refractivity contribution >= 4 is 17.2 Å². The number of amides is 1. The van der Waals surface area contributed by atoms with Crippen LogP contribution >= 0.6 is 11.3 Å². The summed E-state index contributed by atoms with van der Waals surface area (Å²) in [5.41, 5.74) is 0.684. The van der Waals surface area contributed by atoms with Crippen LogP contribution in [0.1, 0.15) is 12.1 Å². The first-order valence-electron chi connectivity index (χ1n) is 8.45. The number of aromatic nitrogens is 1. The lowest BCUT2D eigenvalue weighted by Crippen LogP contribution is -2.38. The highest BCUT2D eigenvalue weighted by molar-refractivity contribution is 7.13. The first kappa shape index (κ1) is 18.1. The Morgan fingerprint density at radius 2 is 2.28 bits per heavy atom. The lowest BCUT2D eigenvalue weighted by molar-refractivity contribution is -0.126. The van der Waals surface area contributed by atoms with E-state index in [-0.39, 0.29) is 19.1 Å². The highest BCUT2D eigenvalue weighted by Gasteiger charge is 2.10. The highest BCUT2D eigenvalue weighted by atomic mass is 32.1. The smallest absolute Gasteiger partial charge is 0.246 e. The molecule has 3 heterocycles. The van der Waals surface area contributed by atoms with Crippen LogP contribution < -0.4 is 5.32 Å². The third-order valence-electron chi connectivity index (χ3n) is 3.88. The monoisotopic (exact) mass is 365 g/mol. The number of thiophene rings is 1. The number of ether oxygens (including phenoxy) is 2. The Hall–Kier alpha value is -1.74. The zero-order chi connectivity index (χ0) is 17.3. The second-order valence-electron chi connectivity index (χ2n) is 5.81. The van der Waals surface area contributed by atoms with Gasteiger partial charge in [0.2, 0.25) is 5.91 Å². The summed E-state index contributed by atoms with van der Waals surface area (Å²) in [4.78, 5) is 15.1. The summed E-state index contributed by atoms with van der Waals surface area (Å²) >= 11 is 1.59. The predicted molar refractivity (Wildman–Crippen MR) is 94.4 cm³/mol. The molecule has 7 nitrogen and oxygen atoms in total. The van der Waals surface area contributed by atoms with E-state index in [1.165, 1.54) is 0 Å². The number of morpholine rings is 1. The van der Waals surface area contributed by atoms with Crippen molar-refractivity contribution < 1.29 is 18.8 Å². The normalized spacial score (nSPS) is 15.4. The van der Waals surface area contributed by atoms with Crippen molar-refractivity contribution in [1.29, 1.82) is 0 Å². The third-order valence-corrected chi connectivity index (χ3v) is 4.77. The maximum absolute atomic E-state index is 11.8. The summed E-state index contributed by atoms with van der Waals surface area (Å²) in [6.45, 7) is 5.48. The fourth-order valence-electron chi connectivity index (χ4n) is 2.57. The highest BCUT2D eigenvalue weighted by Crippen LogP contribution is 2.25. The van der Waals surface area contributed by atoms with Gasteiger partial charge in [-0.15, -0.1) is 11.3 Å². The van der Waals surface area contributed by atoms with E-state index >= 15 is 0 Å². The van der Waals surface area contributed by atoms with Gasteiger partial charge in [0.05, 0.1) is 24.7 Å². The molecule has 0 aromatic carbocycles. The molecular weight excluding hydrogens is 342 g/mol. The molecule has 0 aliphatic carbocycles. The quantitative estimate of drug-likeness (QED) is 0.683. The summed E-state index contributed by atoms with van der Waals surface area (Å²) in [5, 5.41) is 8.81. The van der Waals surface area contributed by atoms with Gasteiger partial charge in [0, 0.05) is 25.7 Å². The molecule has 0 radical (unpaired) electrons. The van der Waals surface area contributed by atoms with Crippen molar-refractivity contribution in [2.24, 2.45) is 0 Å². The first-order valence-corrected chi connectivity index (χ1v) is 9.33. The van der Waals surface area contributed by atoms with E-state index in [0.717, 1.165) is 49.9 Å². The van der Waals surface area contributed by atoms with Crippen molar-refractivity contribution in [3.05, 3.63) is 29.3 Å². The Balaban J connectivity index is 1.26. The van der Waals surface area contributed by atoms with Crippen molar-refractivity contribution in [3.63, 3.8) is 0 Å². The lowest BCUT2D eigenvalue weighted by Gasteiger charge is -2.26. The van der Waals surface area contributed by atoms with Crippen molar-refractivity contribution in [3.8, 4) is 10.6 Å². The van der Waals surface area contributed by atoms with Gasteiger partial charge in [-0.05, 0) is 24.4 Å². The molecule has 0 unspecified atom stereocenters. The van der Waals surface area contributed by atoms with E-state index in [9.17, 15) is 4.79 Å². The van der Waals surface area contributed by atoms with Crippen LogP contribution in [0.25, 0.3) is 10.6 Å². The molecule has 0 bridgehead atoms. The van der Waals surface area contributed by atoms with Gasteiger partial charge in [-0.2, -0.15) is 0 Å². The van der Waals surface area contributed by atoms with Gasteiger partial charge in [-0.3, -0.25) is 9.69 Å². The van der Waals surface area contributed by atoms with Crippen LogP contribution in [0.3, 0.4) is 0 Å². The van der Waals surface area contributed by atoms with Crippen LogP contribution in [0.2, 0.25) is 0 Å². The van der Waals surface area contributed by atoms with Gasteiger partial charge in [-0.25, -0.2) is 0 Å². The number of nitrogens with one attached hydrogen (secondary N) is 1. The van der Waals surface area contributed by atoms with E-state index in [1.807, 2.05) is 23.6 Å². The summed E-state index contributed by atoms with van der Waals surface area (Å²) in [6, 6.07) is 5.77. The minimum Gasteiger partial charge on any atom is -0.379 e. The second kappa shape index (κ2) is 9.67. The molecule has 3 rings (SSSR count). The number of carbonyl (C=O) groups is 1. The summed E-state index contributed by atoms with van der Waals surface area (Å²) in [6.07, 6.45) is 0.930. The number of hydrogen-bond acceptors (Lipinski definition) is 7. The minimum atomic E-state index is -0.107. The Kier molecular flexibility index (Phi) is 6.99. The summed E-state index contributed by atoms with van der Waals surface area (Å²) in [7, 11) is 0. The molecule has 1 N–H and O–H groups in total. The molecule has 25 heavy (non-hydrogen) atoms. The number of nitrogens with zero attached hydrogens (tertiary/aromatic N) is 2. The van der Waals surface area contributed by atoms with E-state index in [0.29, 0.717) is 12.2 Å². The zero-order valence-corrected chi connectivity index (χ0v) is 14.9. The maximum atomic E-state index is 11.8. The SMILES string of the molecule is O=C(COCc1cc(-c2cccs2)on1)NCCCN1CCOCC1. The minimum absolute atomic E-state index is 0.0265. The van der Waals surface area contributed by atoms with Crippen LogP contribution in [0.4, 0.5) is 0 Å². The Labute approximate surface area is 150 Å². The van der Waals surface area contributed by atoms with Gasteiger partial charge in [0.15, 0.2) is 5.76 Å². The van der Waals surface area contributed by atoms with Gasteiger partial charge in [0.25, 0.3) is 0 Å². The van der Waals surface area contributed by atoms with Crippen LogP contribution in [0.5, 0.6) is 0 Å². The van der Waals surface area contributed by atoms with Crippen LogP contribution in [-0.4, -0.2) is 62.0 Å². The average Bonchev–Trinajstić information content (AvgIpc) is 3.31. The first-order chi connectivity index (χ1) is 12.3. The van der Waals surface area contributed by atoms with Crippen molar-refractivity contribution in [2.75, 3.05) is 46.0 Å². The number of carbonyl (C=O) groups excluding carboxylic acids is 1. The molecule has 8 heteroatoms. The van der Waals surface area contributed by atoms with E-state index in [1.54, 1.807) is 11.3 Å². The third kappa shape index (κ3) is 5.93. The van der Waals surface area contributed by atoms with Crippen LogP contribution in [-0.2, 0) is 20.9 Å². The van der Waals surface area contributed by atoms with Gasteiger partial charge in [-0.1, -0.05) is 11.2 Å². The molecule has 2 aromatic heterocycles. The van der Waals surface area contributed by atoms with Crippen molar-refractivity contribution in [2.45, 2.75) is 13.0 Å². The molecule has 2 aromatic rings. The predicted octanol–water partition coefficient (Wildman–Crippen LogP) is 1.76. The Morgan fingerprint density at radius 1 is 1.40 bits per heavy atom. The maximum Gasteiger partial charge on any atom is 0.246 e. The molecule has 0 atom stereocenters. The fraction of sp³-hybridized carbons (Fsp3) is 0.529. The zero-order valence-electron chi connectivity index (χ0n) is 14.1. The van der Waals surface area contributed by atoms with Gasteiger partial charge < -0.3 is 19.3 Å². The fourth-order valence-corrected chi connectivity index (χ4v) is 3.24. The molecular formula is C17H23N3O4S. The standard InChI is InChI=1S/C17H23N3O4S/c21-17(18-4-2-5-20-6-8-22-9-7-20)13-23-12-14-11-15(24-19-14)16-3-1-10-25-16/h1,3,10-11H,2,4-9,12-13H2,(H,18,21). The van der Waals surface area contributed by atoms with E-state index in [2.05, 4.69) is 15.4 Å². The van der Waals surface area contributed by atoms with Crippen LogP contribution in [0.15, 0.2) is 28.1 Å². The molecule has 1 saturated heterocycles. The second-order valence-corrected chi connectivity index (χ2v) is 6.76. The summed E-state index contributed by atoms with van der Waals surface area (Å²) in [5.74, 6) is 0.616.